The van der Waals surface area contributed by atoms with Crippen LogP contribution in [0.1, 0.15) is 38.5 Å². The molecule has 0 bridgehead atoms. The number of thioether (sulfide) groups is 1. The molecule has 40 heavy (non-hydrogen) atoms. The Morgan fingerprint density at radius 3 is 2.60 bits per heavy atom. The maximum absolute atomic E-state index is 12.6. The lowest BCUT2D eigenvalue weighted by Gasteiger charge is -2.35. The second kappa shape index (κ2) is 13.5. The van der Waals surface area contributed by atoms with Crippen LogP contribution in [0.4, 0.5) is 5.82 Å². The number of nitrogens with zero attached hydrogens (tertiary/aromatic N) is 4. The van der Waals surface area contributed by atoms with E-state index >= 15 is 0 Å². The van der Waals surface area contributed by atoms with Crippen molar-refractivity contribution in [1.29, 1.82) is 0 Å². The van der Waals surface area contributed by atoms with Gasteiger partial charge in [0.1, 0.15) is 11.6 Å². The average molecular weight is 554 g/mol. The van der Waals surface area contributed by atoms with Gasteiger partial charge in [0.05, 0.1) is 12.8 Å². The normalized spacial score (nSPS) is 14.1. The van der Waals surface area contributed by atoms with Gasteiger partial charge in [-0.2, -0.15) is 0 Å². The van der Waals surface area contributed by atoms with Crippen LogP contribution in [0.25, 0.3) is 6.08 Å². The van der Waals surface area contributed by atoms with Crippen molar-refractivity contribution in [3.05, 3.63) is 113 Å². The summed E-state index contributed by atoms with van der Waals surface area (Å²) in [5.41, 5.74) is 5.06. The highest BCUT2D eigenvalue weighted by Gasteiger charge is 2.21. The molecular weight excluding hydrogens is 518 g/mol. The minimum Gasteiger partial charge on any atom is -0.467 e. The predicted octanol–water partition coefficient (Wildman–Crippen LogP) is 5.74. The third-order valence-electron chi connectivity index (χ3n) is 7.05. The first kappa shape index (κ1) is 27.7. The molecule has 0 spiro atoms. The van der Waals surface area contributed by atoms with E-state index in [4.69, 9.17) is 14.4 Å². The van der Waals surface area contributed by atoms with Gasteiger partial charge in [-0.15, -0.1) is 0 Å². The van der Waals surface area contributed by atoms with Crippen molar-refractivity contribution in [2.45, 2.75) is 31.3 Å². The molecule has 0 atom stereocenters. The van der Waals surface area contributed by atoms with Crippen LogP contribution in [-0.4, -0.2) is 53.5 Å². The number of benzene rings is 2. The topological polar surface area (TPSA) is 74.5 Å². The molecule has 1 saturated heterocycles. The highest BCUT2D eigenvalue weighted by molar-refractivity contribution is 7.98. The quantitative estimate of drug-likeness (QED) is 0.198. The first-order valence-corrected chi connectivity index (χ1v) is 14.6. The number of rotatable bonds is 10. The van der Waals surface area contributed by atoms with Gasteiger partial charge in [-0.05, 0) is 49.2 Å². The van der Waals surface area contributed by atoms with E-state index in [0.29, 0.717) is 17.9 Å². The van der Waals surface area contributed by atoms with Gasteiger partial charge in [-0.25, -0.2) is 9.97 Å². The third-order valence-corrected chi connectivity index (χ3v) is 7.97. The van der Waals surface area contributed by atoms with Crippen LogP contribution in [0.15, 0.2) is 88.6 Å². The van der Waals surface area contributed by atoms with Gasteiger partial charge in [0.2, 0.25) is 0 Å². The van der Waals surface area contributed by atoms with Gasteiger partial charge in [0.25, 0.3) is 5.91 Å². The van der Waals surface area contributed by atoms with Crippen molar-refractivity contribution in [1.82, 2.24) is 20.2 Å². The Morgan fingerprint density at radius 2 is 1.82 bits per heavy atom. The maximum atomic E-state index is 12.6. The zero-order chi connectivity index (χ0) is 27.7. The van der Waals surface area contributed by atoms with E-state index in [1.165, 1.54) is 5.56 Å². The number of nitrogens with one attached hydrogen (secondary N) is 1. The number of anilines is 1. The molecule has 0 saturated carbocycles. The van der Waals surface area contributed by atoms with E-state index in [1.54, 1.807) is 18.0 Å². The molecule has 0 aliphatic carbocycles. The summed E-state index contributed by atoms with van der Waals surface area (Å²) in [7, 11) is 0. The third kappa shape index (κ3) is 7.40. The Hall–Kier alpha value is -3.88. The van der Waals surface area contributed by atoms with Gasteiger partial charge in [-0.1, -0.05) is 66.4 Å². The highest BCUT2D eigenvalue weighted by Crippen LogP contribution is 2.27. The minimum absolute atomic E-state index is 0.123. The zero-order valence-corrected chi connectivity index (χ0v) is 23.9. The Labute approximate surface area is 240 Å². The summed E-state index contributed by atoms with van der Waals surface area (Å²) < 4.78 is 5.30. The number of aromatic nitrogens is 2. The van der Waals surface area contributed by atoms with E-state index in [9.17, 15) is 4.79 Å². The first-order valence-electron chi connectivity index (χ1n) is 13.6. The second-order valence-corrected chi connectivity index (χ2v) is 10.8. The summed E-state index contributed by atoms with van der Waals surface area (Å²) in [5.74, 6) is 2.32. The smallest absolute Gasteiger partial charge is 0.251 e. The molecule has 3 heterocycles. The Bertz CT molecular complexity index is 1430. The SMILES string of the molecule is Cc1nc(SCc2cccc(C(=O)NCc3ccco3)c2)nc(N2CCN(CC=Cc3ccccc3)CC2)c1C. The van der Waals surface area contributed by atoms with Crippen LogP contribution in [0.5, 0.6) is 0 Å². The molecule has 206 valence electrons. The molecule has 7 nitrogen and oxygen atoms in total. The van der Waals surface area contributed by atoms with Crippen LogP contribution in [0.2, 0.25) is 0 Å². The van der Waals surface area contributed by atoms with E-state index in [2.05, 4.69) is 65.4 Å². The van der Waals surface area contributed by atoms with Gasteiger partial charge in [0, 0.05) is 55.3 Å². The van der Waals surface area contributed by atoms with Crippen LogP contribution in [0, 0.1) is 13.8 Å². The number of piperazine rings is 1. The van der Waals surface area contributed by atoms with Gasteiger partial charge in [0.15, 0.2) is 5.16 Å². The molecule has 5 rings (SSSR count). The van der Waals surface area contributed by atoms with E-state index < -0.39 is 0 Å². The highest BCUT2D eigenvalue weighted by atomic mass is 32.2. The molecular formula is C32H35N5O2S. The lowest BCUT2D eigenvalue weighted by atomic mass is 10.1. The molecule has 0 unspecified atom stereocenters. The second-order valence-electron chi connectivity index (χ2n) is 9.89. The first-order chi connectivity index (χ1) is 19.5. The molecule has 1 aliphatic heterocycles. The average Bonchev–Trinajstić information content (AvgIpc) is 3.51. The number of hydrogen-bond donors (Lipinski definition) is 1. The fraction of sp³-hybridized carbons (Fsp3) is 0.281. The molecule has 1 amide bonds. The van der Waals surface area contributed by atoms with Crippen molar-refractivity contribution < 1.29 is 9.21 Å². The summed E-state index contributed by atoms with van der Waals surface area (Å²) in [4.78, 5) is 27.2. The predicted molar refractivity (Wildman–Crippen MR) is 162 cm³/mol. The maximum Gasteiger partial charge on any atom is 0.251 e. The van der Waals surface area contributed by atoms with Gasteiger partial charge >= 0.3 is 0 Å². The van der Waals surface area contributed by atoms with E-state index in [1.807, 2.05) is 42.5 Å². The van der Waals surface area contributed by atoms with Crippen LogP contribution >= 0.6 is 11.8 Å². The molecule has 1 fully saturated rings. The standard InChI is InChI=1S/C32H35N5O2S/c1-24-25(2)34-32(40-23-27-11-6-13-28(21-27)31(38)33-22-29-14-8-20-39-29)35-30(24)37-18-16-36(17-19-37)15-7-12-26-9-4-3-5-10-26/h3-14,20-21H,15-19,22-23H2,1-2H3,(H,33,38). The molecule has 4 aromatic rings. The minimum atomic E-state index is -0.123. The molecule has 2 aromatic carbocycles. The molecule has 1 N–H and O–H groups in total. The van der Waals surface area contributed by atoms with E-state index in [-0.39, 0.29) is 5.91 Å². The van der Waals surface area contributed by atoms with Crippen molar-refractivity contribution in [2.24, 2.45) is 0 Å². The number of furan rings is 1. The van der Waals surface area contributed by atoms with Crippen molar-refractivity contribution in [3.63, 3.8) is 0 Å². The lowest BCUT2D eigenvalue weighted by Crippen LogP contribution is -2.47. The summed E-state index contributed by atoms with van der Waals surface area (Å²) in [6, 6.07) is 21.8. The van der Waals surface area contributed by atoms with Crippen LogP contribution < -0.4 is 10.2 Å². The lowest BCUT2D eigenvalue weighted by molar-refractivity contribution is 0.0948. The number of hydrogen-bond acceptors (Lipinski definition) is 7. The fourth-order valence-corrected chi connectivity index (χ4v) is 5.47. The summed E-state index contributed by atoms with van der Waals surface area (Å²) in [6.45, 7) is 9.36. The van der Waals surface area contributed by atoms with Crippen LogP contribution in [-0.2, 0) is 12.3 Å². The molecule has 0 radical (unpaired) electrons. The van der Waals surface area contributed by atoms with Crippen molar-refractivity contribution in [3.8, 4) is 0 Å². The summed E-state index contributed by atoms with van der Waals surface area (Å²) in [5, 5.41) is 3.67. The number of aryl methyl sites for hydroxylation is 1. The monoisotopic (exact) mass is 553 g/mol. The number of carbonyl (C=O) groups is 1. The van der Waals surface area contributed by atoms with Crippen molar-refractivity contribution in [2.75, 3.05) is 37.6 Å². The largest absolute Gasteiger partial charge is 0.467 e. The van der Waals surface area contributed by atoms with E-state index in [0.717, 1.165) is 66.3 Å². The van der Waals surface area contributed by atoms with Crippen LogP contribution in [0.3, 0.4) is 0 Å². The molecule has 1 aliphatic rings. The Kier molecular flexibility index (Phi) is 9.31. The van der Waals surface area contributed by atoms with Gasteiger partial charge < -0.3 is 14.6 Å². The molecule has 2 aromatic heterocycles. The summed E-state index contributed by atoms with van der Waals surface area (Å²) >= 11 is 1.60. The Morgan fingerprint density at radius 1 is 1.00 bits per heavy atom. The zero-order valence-electron chi connectivity index (χ0n) is 23.0. The van der Waals surface area contributed by atoms with Gasteiger partial charge in [-0.3, -0.25) is 9.69 Å². The fourth-order valence-electron chi connectivity index (χ4n) is 4.64. The summed E-state index contributed by atoms with van der Waals surface area (Å²) in [6.07, 6.45) is 6.04. The number of carbonyl (C=O) groups excluding carboxylic acids is 1. The number of amides is 1. The Balaban J connectivity index is 1.16. The molecule has 8 heteroatoms. The van der Waals surface area contributed by atoms with Crippen molar-refractivity contribution >= 4 is 29.6 Å².